The zero-order chi connectivity index (χ0) is 9.97. The van der Waals surface area contributed by atoms with E-state index < -0.39 is 0 Å². The molecule has 2 atom stereocenters. The Bertz CT molecular complexity index is 260. The van der Waals surface area contributed by atoms with Gasteiger partial charge in [-0.2, -0.15) is 0 Å². The molecule has 0 bridgehead atoms. The highest BCUT2D eigenvalue weighted by molar-refractivity contribution is 4.84. The van der Waals surface area contributed by atoms with Gasteiger partial charge in [0.2, 0.25) is 0 Å². The highest BCUT2D eigenvalue weighted by atomic mass is 15.2. The van der Waals surface area contributed by atoms with E-state index >= 15 is 0 Å². The molecular weight excluding hydrogens is 176 g/mol. The topological polar surface area (TPSA) is 47.1 Å². The molecule has 1 fully saturated rings. The molecule has 4 nitrogen and oxygen atoms in total. The fraction of sp³-hybridized carbons (Fsp3) is 0.700. The summed E-state index contributed by atoms with van der Waals surface area (Å²) in [6.45, 7) is 6.49. The number of aromatic nitrogens is 2. The molecule has 0 radical (unpaired) electrons. The van der Waals surface area contributed by atoms with Crippen molar-refractivity contribution in [1.82, 2.24) is 14.5 Å². The second-order valence-corrected chi connectivity index (χ2v) is 4.20. The quantitative estimate of drug-likeness (QED) is 0.745. The van der Waals surface area contributed by atoms with Gasteiger partial charge in [-0.1, -0.05) is 6.92 Å². The molecule has 1 saturated heterocycles. The van der Waals surface area contributed by atoms with Crippen LogP contribution in [0, 0.1) is 5.92 Å². The van der Waals surface area contributed by atoms with E-state index in [0.29, 0.717) is 12.0 Å². The van der Waals surface area contributed by atoms with Crippen LogP contribution in [0.15, 0.2) is 18.7 Å². The van der Waals surface area contributed by atoms with Crippen molar-refractivity contribution in [2.45, 2.75) is 19.5 Å². The van der Waals surface area contributed by atoms with E-state index in [0.717, 1.165) is 26.2 Å². The highest BCUT2D eigenvalue weighted by Crippen LogP contribution is 2.13. The molecular formula is C10H18N4. The standard InChI is InChI=1S/C10H18N4/c1-9-6-14(7-10(9)11)5-4-13-3-2-12-8-13/h2-3,8-10H,4-7,11H2,1H3. The lowest BCUT2D eigenvalue weighted by Gasteiger charge is -2.14. The zero-order valence-corrected chi connectivity index (χ0v) is 8.63. The molecule has 0 aliphatic carbocycles. The largest absolute Gasteiger partial charge is 0.336 e. The lowest BCUT2D eigenvalue weighted by Crippen LogP contribution is -2.29. The predicted molar refractivity (Wildman–Crippen MR) is 55.8 cm³/mol. The molecule has 14 heavy (non-hydrogen) atoms. The Morgan fingerprint density at radius 3 is 2.86 bits per heavy atom. The van der Waals surface area contributed by atoms with Gasteiger partial charge in [-0.25, -0.2) is 4.98 Å². The van der Waals surface area contributed by atoms with Gasteiger partial charge in [-0.15, -0.1) is 0 Å². The molecule has 0 amide bonds. The molecule has 2 unspecified atom stereocenters. The third-order valence-corrected chi connectivity index (χ3v) is 2.98. The van der Waals surface area contributed by atoms with Crippen LogP contribution in [0.2, 0.25) is 0 Å². The van der Waals surface area contributed by atoms with Gasteiger partial charge in [-0.05, 0) is 5.92 Å². The first-order valence-electron chi connectivity index (χ1n) is 5.19. The molecule has 1 aliphatic rings. The maximum absolute atomic E-state index is 5.96. The van der Waals surface area contributed by atoms with Crippen LogP contribution in [-0.2, 0) is 6.54 Å². The number of likely N-dealkylation sites (tertiary alicyclic amines) is 1. The third-order valence-electron chi connectivity index (χ3n) is 2.98. The molecule has 0 saturated carbocycles. The summed E-state index contributed by atoms with van der Waals surface area (Å²) >= 11 is 0. The van der Waals surface area contributed by atoms with Gasteiger partial charge >= 0.3 is 0 Å². The van der Waals surface area contributed by atoms with Crippen molar-refractivity contribution in [1.29, 1.82) is 0 Å². The van der Waals surface area contributed by atoms with Crippen molar-refractivity contribution >= 4 is 0 Å². The summed E-state index contributed by atoms with van der Waals surface area (Å²) in [5.41, 5.74) is 5.96. The Hall–Kier alpha value is -0.870. The molecule has 1 aliphatic heterocycles. The Kier molecular flexibility index (Phi) is 2.84. The smallest absolute Gasteiger partial charge is 0.0946 e. The van der Waals surface area contributed by atoms with Crippen LogP contribution in [0.4, 0.5) is 0 Å². The summed E-state index contributed by atoms with van der Waals surface area (Å²) in [5.74, 6) is 0.637. The summed E-state index contributed by atoms with van der Waals surface area (Å²) < 4.78 is 2.11. The van der Waals surface area contributed by atoms with Crippen molar-refractivity contribution in [3.8, 4) is 0 Å². The van der Waals surface area contributed by atoms with Gasteiger partial charge in [0.15, 0.2) is 0 Å². The van der Waals surface area contributed by atoms with E-state index in [1.54, 1.807) is 0 Å². The minimum atomic E-state index is 0.359. The first-order valence-corrected chi connectivity index (χ1v) is 5.19. The molecule has 1 aromatic rings. The average molecular weight is 194 g/mol. The highest BCUT2D eigenvalue weighted by Gasteiger charge is 2.25. The van der Waals surface area contributed by atoms with Crippen LogP contribution >= 0.6 is 0 Å². The maximum Gasteiger partial charge on any atom is 0.0946 e. The Labute approximate surface area is 84.7 Å². The van der Waals surface area contributed by atoms with E-state index in [9.17, 15) is 0 Å². The second-order valence-electron chi connectivity index (χ2n) is 4.20. The first kappa shape index (κ1) is 9.68. The van der Waals surface area contributed by atoms with E-state index in [4.69, 9.17) is 5.73 Å². The van der Waals surface area contributed by atoms with Gasteiger partial charge in [-0.3, -0.25) is 4.90 Å². The van der Waals surface area contributed by atoms with Crippen LogP contribution in [0.3, 0.4) is 0 Å². The zero-order valence-electron chi connectivity index (χ0n) is 8.63. The molecule has 1 aromatic heterocycles. The van der Waals surface area contributed by atoms with Crippen molar-refractivity contribution in [3.63, 3.8) is 0 Å². The first-order chi connectivity index (χ1) is 6.75. The van der Waals surface area contributed by atoms with Crippen molar-refractivity contribution < 1.29 is 0 Å². The normalized spacial score (nSPS) is 28.4. The number of hydrogen-bond acceptors (Lipinski definition) is 3. The van der Waals surface area contributed by atoms with Crippen LogP contribution < -0.4 is 5.73 Å². The number of nitrogens with two attached hydrogens (primary N) is 1. The molecule has 2 heterocycles. The van der Waals surface area contributed by atoms with Crippen LogP contribution in [-0.4, -0.2) is 40.1 Å². The molecule has 2 rings (SSSR count). The summed E-state index contributed by atoms with van der Waals surface area (Å²) in [6.07, 6.45) is 5.68. The number of imidazole rings is 1. The molecule has 4 heteroatoms. The number of rotatable bonds is 3. The van der Waals surface area contributed by atoms with E-state index in [1.165, 1.54) is 0 Å². The SMILES string of the molecule is CC1CN(CCn2ccnc2)CC1N. The Morgan fingerprint density at radius 1 is 1.43 bits per heavy atom. The Morgan fingerprint density at radius 2 is 2.29 bits per heavy atom. The van der Waals surface area contributed by atoms with Crippen molar-refractivity contribution in [2.24, 2.45) is 11.7 Å². The minimum Gasteiger partial charge on any atom is -0.336 e. The fourth-order valence-corrected chi connectivity index (χ4v) is 1.95. The maximum atomic E-state index is 5.96. The van der Waals surface area contributed by atoms with Gasteiger partial charge in [0, 0.05) is 44.6 Å². The fourth-order valence-electron chi connectivity index (χ4n) is 1.95. The lowest BCUT2D eigenvalue weighted by molar-refractivity contribution is 0.311. The van der Waals surface area contributed by atoms with Gasteiger partial charge < -0.3 is 10.3 Å². The summed E-state index contributed by atoms with van der Waals surface area (Å²) in [7, 11) is 0. The van der Waals surface area contributed by atoms with Crippen LogP contribution in [0.1, 0.15) is 6.92 Å². The second kappa shape index (κ2) is 4.11. The molecule has 0 aromatic carbocycles. The minimum absolute atomic E-state index is 0.359. The summed E-state index contributed by atoms with van der Waals surface area (Å²) in [5, 5.41) is 0. The third kappa shape index (κ3) is 2.13. The lowest BCUT2D eigenvalue weighted by atomic mass is 10.1. The van der Waals surface area contributed by atoms with Gasteiger partial charge in [0.1, 0.15) is 0 Å². The molecule has 78 valence electrons. The van der Waals surface area contributed by atoms with E-state index in [1.807, 2.05) is 18.7 Å². The molecule has 2 N–H and O–H groups in total. The van der Waals surface area contributed by atoms with Gasteiger partial charge in [0.25, 0.3) is 0 Å². The predicted octanol–water partition coefficient (Wildman–Crippen LogP) is 0.162. The van der Waals surface area contributed by atoms with Crippen molar-refractivity contribution in [2.75, 3.05) is 19.6 Å². The van der Waals surface area contributed by atoms with E-state index in [-0.39, 0.29) is 0 Å². The Balaban J connectivity index is 1.77. The average Bonchev–Trinajstić information content (AvgIpc) is 2.74. The van der Waals surface area contributed by atoms with Crippen molar-refractivity contribution in [3.05, 3.63) is 18.7 Å². The summed E-state index contributed by atoms with van der Waals surface area (Å²) in [6, 6.07) is 0.359. The monoisotopic (exact) mass is 194 g/mol. The van der Waals surface area contributed by atoms with Crippen LogP contribution in [0.25, 0.3) is 0 Å². The number of nitrogens with zero attached hydrogens (tertiary/aromatic N) is 3. The summed E-state index contributed by atoms with van der Waals surface area (Å²) in [4.78, 5) is 6.44. The molecule has 0 spiro atoms. The van der Waals surface area contributed by atoms with Crippen LogP contribution in [0.5, 0.6) is 0 Å². The number of hydrogen-bond donors (Lipinski definition) is 1. The van der Waals surface area contributed by atoms with E-state index in [2.05, 4.69) is 21.4 Å². The van der Waals surface area contributed by atoms with Gasteiger partial charge in [0.05, 0.1) is 6.33 Å².